The van der Waals surface area contributed by atoms with Crippen molar-refractivity contribution in [2.75, 3.05) is 9.80 Å². The molecule has 1 spiro atoms. The minimum absolute atomic E-state index is 0.0105. The van der Waals surface area contributed by atoms with Crippen molar-refractivity contribution in [3.63, 3.8) is 0 Å². The molecule has 6 aromatic carbocycles. The van der Waals surface area contributed by atoms with Gasteiger partial charge in [-0.2, -0.15) is 0 Å². The van der Waals surface area contributed by atoms with Gasteiger partial charge in [-0.1, -0.05) is 124 Å². The summed E-state index contributed by atoms with van der Waals surface area (Å²) in [6, 6.07) is 52.9. The summed E-state index contributed by atoms with van der Waals surface area (Å²) in [5.41, 5.74) is 18.2. The molecular formula is C47H41BN2. The predicted octanol–water partition coefficient (Wildman–Crippen LogP) is 10.3. The molecule has 2 aliphatic heterocycles. The van der Waals surface area contributed by atoms with Crippen molar-refractivity contribution in [2.45, 2.75) is 51.9 Å². The number of anilines is 6. The standard InChI is InChI=1S/C47H41BN2/c1-45(2)31-16-15-29-46(45,3)47(30-31)34-20-8-7-19-33(34)43-35(47)21-13-26-40(43)50-39-25-12-10-23-37(39)48-36-22-9-11-24-38(36)49(32-17-5-4-6-18-32)41-27-14-28-42(50)44(41)48/h4-14,17-28,31H,15-16,29-30H2,1-3H3. The van der Waals surface area contributed by atoms with Crippen LogP contribution in [0.15, 0.2) is 140 Å². The number of nitrogens with zero attached hydrogens (tertiary/aromatic N) is 2. The van der Waals surface area contributed by atoms with Crippen LogP contribution in [0, 0.1) is 16.7 Å². The fraction of sp³-hybridized carbons (Fsp3) is 0.234. The van der Waals surface area contributed by atoms with Gasteiger partial charge in [0.1, 0.15) is 0 Å². The van der Waals surface area contributed by atoms with Crippen molar-refractivity contribution in [3.8, 4) is 11.1 Å². The zero-order chi connectivity index (χ0) is 33.4. The number of para-hydroxylation sites is 3. The zero-order valence-electron chi connectivity index (χ0n) is 29.2. The van der Waals surface area contributed by atoms with Gasteiger partial charge in [0, 0.05) is 39.4 Å². The fourth-order valence-electron chi connectivity index (χ4n) is 11.9. The predicted molar refractivity (Wildman–Crippen MR) is 211 cm³/mol. The lowest BCUT2D eigenvalue weighted by Gasteiger charge is -2.52. The Morgan fingerprint density at radius 3 is 1.90 bits per heavy atom. The minimum atomic E-state index is 0.0105. The van der Waals surface area contributed by atoms with E-state index in [0.29, 0.717) is 0 Å². The maximum atomic E-state index is 2.65. The maximum Gasteiger partial charge on any atom is 0.252 e. The Morgan fingerprint density at radius 1 is 0.560 bits per heavy atom. The minimum Gasteiger partial charge on any atom is -0.311 e. The molecule has 6 aromatic rings. The smallest absolute Gasteiger partial charge is 0.252 e. The van der Waals surface area contributed by atoms with Crippen LogP contribution in [0.2, 0.25) is 0 Å². The molecule has 3 unspecified atom stereocenters. The average molecular weight is 645 g/mol. The summed E-state index contributed by atoms with van der Waals surface area (Å²) in [6.07, 6.45) is 5.20. The molecule has 0 aromatic heterocycles. The van der Waals surface area contributed by atoms with Crippen molar-refractivity contribution in [1.29, 1.82) is 0 Å². The summed E-state index contributed by atoms with van der Waals surface area (Å²) in [5.74, 6) is 0.727. The van der Waals surface area contributed by atoms with Crippen molar-refractivity contribution in [2.24, 2.45) is 16.7 Å². The van der Waals surface area contributed by atoms with Crippen LogP contribution < -0.4 is 26.2 Å². The van der Waals surface area contributed by atoms with E-state index in [9.17, 15) is 0 Å². The van der Waals surface area contributed by atoms with E-state index in [1.807, 2.05) is 0 Å². The average Bonchev–Trinajstić information content (AvgIpc) is 3.44. The van der Waals surface area contributed by atoms with Crippen LogP contribution in [-0.2, 0) is 5.41 Å². The lowest BCUT2D eigenvalue weighted by atomic mass is 9.33. The highest BCUT2D eigenvalue weighted by atomic mass is 15.2. The second kappa shape index (κ2) is 9.82. The Balaban J connectivity index is 1.21. The molecule has 3 atom stereocenters. The molecule has 242 valence electrons. The first-order valence-corrected chi connectivity index (χ1v) is 18.7. The number of benzene rings is 6. The van der Waals surface area contributed by atoms with Gasteiger partial charge >= 0.3 is 0 Å². The number of fused-ring (bicyclic) bond motifs is 12. The maximum absolute atomic E-state index is 2.65. The van der Waals surface area contributed by atoms with Crippen LogP contribution in [-0.4, -0.2) is 6.71 Å². The van der Waals surface area contributed by atoms with Gasteiger partial charge in [0.2, 0.25) is 0 Å². The number of hydrogen-bond donors (Lipinski definition) is 0. The molecular weight excluding hydrogens is 603 g/mol. The highest BCUT2D eigenvalue weighted by Gasteiger charge is 2.69. The van der Waals surface area contributed by atoms with Gasteiger partial charge in [-0.05, 0) is 112 Å². The third-order valence-electron chi connectivity index (χ3n) is 14.4. The molecule has 0 N–H and O–H groups in total. The molecule has 3 heteroatoms. The van der Waals surface area contributed by atoms with Gasteiger partial charge in [0.05, 0.1) is 5.69 Å². The lowest BCUT2D eigenvalue weighted by molar-refractivity contribution is 0.0122. The summed E-state index contributed by atoms with van der Waals surface area (Å²) in [7, 11) is 0. The van der Waals surface area contributed by atoms with Gasteiger partial charge in [-0.25, -0.2) is 0 Å². The first-order chi connectivity index (χ1) is 24.5. The molecule has 0 saturated heterocycles. The van der Waals surface area contributed by atoms with Gasteiger partial charge < -0.3 is 9.80 Å². The third-order valence-corrected chi connectivity index (χ3v) is 14.4. The molecule has 2 heterocycles. The Kier molecular flexibility index (Phi) is 5.65. The lowest BCUT2D eigenvalue weighted by Crippen LogP contribution is -2.61. The van der Waals surface area contributed by atoms with E-state index in [2.05, 4.69) is 170 Å². The fourth-order valence-corrected chi connectivity index (χ4v) is 11.9. The van der Waals surface area contributed by atoms with E-state index in [4.69, 9.17) is 0 Å². The first-order valence-electron chi connectivity index (χ1n) is 18.7. The van der Waals surface area contributed by atoms with Gasteiger partial charge in [0.25, 0.3) is 6.71 Å². The molecule has 2 saturated carbocycles. The second-order valence-corrected chi connectivity index (χ2v) is 16.3. The first kappa shape index (κ1) is 28.8. The molecule has 0 radical (unpaired) electrons. The number of hydrogen-bond acceptors (Lipinski definition) is 2. The van der Waals surface area contributed by atoms with Crippen LogP contribution in [0.4, 0.5) is 34.1 Å². The van der Waals surface area contributed by atoms with Crippen LogP contribution >= 0.6 is 0 Å². The van der Waals surface area contributed by atoms with E-state index in [0.717, 1.165) is 5.92 Å². The Bertz CT molecular complexity index is 2380. The van der Waals surface area contributed by atoms with E-state index >= 15 is 0 Å². The molecule has 2 bridgehead atoms. The van der Waals surface area contributed by atoms with Gasteiger partial charge in [0.15, 0.2) is 0 Å². The van der Waals surface area contributed by atoms with E-state index in [-0.39, 0.29) is 23.0 Å². The molecule has 0 amide bonds. The molecule has 3 aliphatic carbocycles. The summed E-state index contributed by atoms with van der Waals surface area (Å²) >= 11 is 0. The van der Waals surface area contributed by atoms with Crippen molar-refractivity contribution < 1.29 is 0 Å². The third kappa shape index (κ3) is 3.28. The van der Waals surface area contributed by atoms with Crippen molar-refractivity contribution >= 4 is 57.2 Å². The molecule has 5 aliphatic rings. The normalized spacial score (nSPS) is 24.4. The van der Waals surface area contributed by atoms with Crippen LogP contribution in [0.1, 0.15) is 57.6 Å². The van der Waals surface area contributed by atoms with Crippen molar-refractivity contribution in [1.82, 2.24) is 0 Å². The Labute approximate surface area is 296 Å². The second-order valence-electron chi connectivity index (χ2n) is 16.3. The van der Waals surface area contributed by atoms with Crippen LogP contribution in [0.5, 0.6) is 0 Å². The molecule has 2 fully saturated rings. The van der Waals surface area contributed by atoms with Crippen LogP contribution in [0.3, 0.4) is 0 Å². The summed E-state index contributed by atoms with van der Waals surface area (Å²) in [5, 5.41) is 0. The SMILES string of the molecule is CC1(C)C2CCCC1(C)C1(C2)c2ccccc2-c2c(N3c4ccccc4B4c5ccccc5N(c5ccccc5)c5cccc3c54)cccc21. The Hall–Kier alpha value is -5.02. The summed E-state index contributed by atoms with van der Waals surface area (Å²) in [4.78, 5) is 5.11. The monoisotopic (exact) mass is 644 g/mol. The van der Waals surface area contributed by atoms with Crippen LogP contribution in [0.25, 0.3) is 11.1 Å². The van der Waals surface area contributed by atoms with E-state index < -0.39 is 0 Å². The van der Waals surface area contributed by atoms with E-state index in [1.54, 1.807) is 11.1 Å². The zero-order valence-corrected chi connectivity index (χ0v) is 29.2. The number of rotatable bonds is 2. The highest BCUT2D eigenvalue weighted by molar-refractivity contribution is 7.00. The molecule has 2 nitrogen and oxygen atoms in total. The van der Waals surface area contributed by atoms with Gasteiger partial charge in [-0.15, -0.1) is 0 Å². The summed E-state index contributed by atoms with van der Waals surface area (Å²) in [6.45, 7) is 7.97. The topological polar surface area (TPSA) is 6.48 Å². The van der Waals surface area contributed by atoms with Crippen molar-refractivity contribution in [3.05, 3.63) is 151 Å². The summed E-state index contributed by atoms with van der Waals surface area (Å²) < 4.78 is 0. The quantitative estimate of drug-likeness (QED) is 0.173. The molecule has 11 rings (SSSR count). The Morgan fingerprint density at radius 2 is 1.14 bits per heavy atom. The highest BCUT2D eigenvalue weighted by Crippen LogP contribution is 2.76. The molecule has 50 heavy (non-hydrogen) atoms. The largest absolute Gasteiger partial charge is 0.311 e. The van der Waals surface area contributed by atoms with Gasteiger partial charge in [-0.3, -0.25) is 0 Å². The van der Waals surface area contributed by atoms with E-state index in [1.165, 1.54) is 87.3 Å².